The van der Waals surface area contributed by atoms with Crippen LogP contribution < -0.4 is 0 Å². The molecular formula is C19H28OS4. The van der Waals surface area contributed by atoms with Crippen LogP contribution in [-0.2, 0) is 4.74 Å². The molecule has 0 bridgehead atoms. The number of hydrogen-bond acceptors (Lipinski definition) is 5. The van der Waals surface area contributed by atoms with Crippen LogP contribution in [0, 0.1) is 29.1 Å². The van der Waals surface area contributed by atoms with E-state index in [9.17, 15) is 0 Å². The summed E-state index contributed by atoms with van der Waals surface area (Å²) in [6.07, 6.45) is 3.99. The first-order chi connectivity index (χ1) is 11.0. The van der Waals surface area contributed by atoms with Crippen molar-refractivity contribution in [2.45, 2.75) is 48.5 Å². The van der Waals surface area contributed by atoms with Crippen molar-refractivity contribution in [2.75, 3.05) is 13.4 Å². The third kappa shape index (κ3) is 23.5. The zero-order valence-corrected chi connectivity index (χ0v) is 19.4. The summed E-state index contributed by atoms with van der Waals surface area (Å²) in [5.74, 6) is 10.8. The number of methoxy groups -OCH3 is 1. The molecule has 0 aromatic rings. The highest BCUT2D eigenvalue weighted by atomic mass is 32.2. The van der Waals surface area contributed by atoms with E-state index in [4.69, 9.17) is 24.4 Å². The minimum absolute atomic E-state index is 0.0678. The Morgan fingerprint density at radius 3 is 1.58 bits per heavy atom. The first-order valence-electron chi connectivity index (χ1n) is 7.16. The van der Waals surface area contributed by atoms with Gasteiger partial charge >= 0.3 is 0 Å². The summed E-state index contributed by atoms with van der Waals surface area (Å²) in [6, 6.07) is 0. The van der Waals surface area contributed by atoms with Crippen molar-refractivity contribution >= 4 is 62.5 Å². The lowest BCUT2D eigenvalue weighted by Crippen LogP contribution is -2.15. The van der Waals surface area contributed by atoms with E-state index in [1.165, 1.54) is 12.7 Å². The van der Waals surface area contributed by atoms with Gasteiger partial charge in [-0.05, 0) is 58.2 Å². The van der Waals surface area contributed by atoms with Crippen molar-refractivity contribution in [3.63, 3.8) is 0 Å². The van der Waals surface area contributed by atoms with Crippen LogP contribution in [0.25, 0.3) is 0 Å². The van der Waals surface area contributed by atoms with Crippen molar-refractivity contribution in [1.29, 1.82) is 0 Å². The van der Waals surface area contributed by atoms with Gasteiger partial charge in [-0.2, -0.15) is 0 Å². The lowest BCUT2D eigenvalue weighted by atomic mass is 9.92. The standard InChI is InChI=1S/C8H12S.C6H10S2.C5H6OS/c1-5-6-7(9)8(2,3)4;1-5(2)4-6(7)8-3;1-3-4-5(7)6-2/h1-4H3;4H,1-3H3;1-2H3. The van der Waals surface area contributed by atoms with Crippen LogP contribution in [-0.4, -0.2) is 27.5 Å². The van der Waals surface area contributed by atoms with Gasteiger partial charge in [-0.15, -0.1) is 17.7 Å². The highest BCUT2D eigenvalue weighted by molar-refractivity contribution is 8.23. The van der Waals surface area contributed by atoms with E-state index < -0.39 is 0 Å². The minimum atomic E-state index is 0.0678. The van der Waals surface area contributed by atoms with Crippen LogP contribution in [0.1, 0.15) is 48.5 Å². The van der Waals surface area contributed by atoms with Crippen LogP contribution in [0.2, 0.25) is 0 Å². The molecule has 0 fully saturated rings. The second-order valence-corrected chi connectivity index (χ2v) is 7.89. The molecule has 0 N–H and O–H groups in total. The van der Waals surface area contributed by atoms with Crippen molar-refractivity contribution in [3.05, 3.63) is 11.6 Å². The molecule has 0 unspecified atom stereocenters. The van der Waals surface area contributed by atoms with Gasteiger partial charge in [0.25, 0.3) is 0 Å². The predicted molar refractivity (Wildman–Crippen MR) is 124 cm³/mol. The van der Waals surface area contributed by atoms with Gasteiger partial charge in [-0.1, -0.05) is 62.6 Å². The maximum atomic E-state index is 5.02. The topological polar surface area (TPSA) is 9.23 Å². The van der Waals surface area contributed by atoms with Gasteiger partial charge in [0.05, 0.1) is 16.2 Å². The molecule has 0 aliphatic rings. The Kier molecular flexibility index (Phi) is 20.0. The monoisotopic (exact) mass is 400 g/mol. The van der Waals surface area contributed by atoms with Crippen molar-refractivity contribution in [3.8, 4) is 23.7 Å². The molecule has 0 radical (unpaired) electrons. The van der Waals surface area contributed by atoms with E-state index in [0.29, 0.717) is 5.05 Å². The van der Waals surface area contributed by atoms with Crippen LogP contribution >= 0.6 is 48.4 Å². The Bertz CT molecular complexity index is 554. The lowest BCUT2D eigenvalue weighted by molar-refractivity contribution is 0.420. The fraction of sp³-hybridized carbons (Fsp3) is 0.526. The normalized spacial score (nSPS) is 8.21. The number of hydrogen-bond donors (Lipinski definition) is 0. The van der Waals surface area contributed by atoms with Crippen molar-refractivity contribution in [1.82, 2.24) is 0 Å². The Morgan fingerprint density at radius 1 is 1.00 bits per heavy atom. The minimum Gasteiger partial charge on any atom is -0.480 e. The van der Waals surface area contributed by atoms with E-state index in [-0.39, 0.29) is 5.41 Å². The highest BCUT2D eigenvalue weighted by Gasteiger charge is 2.13. The van der Waals surface area contributed by atoms with Gasteiger partial charge < -0.3 is 4.74 Å². The Morgan fingerprint density at radius 2 is 1.46 bits per heavy atom. The Balaban J connectivity index is -0.000000278. The molecule has 5 heteroatoms. The molecule has 0 spiro atoms. The van der Waals surface area contributed by atoms with E-state index in [1.807, 2.05) is 26.2 Å². The smallest absolute Gasteiger partial charge is 0.237 e. The maximum absolute atomic E-state index is 5.02. The second kappa shape index (κ2) is 17.1. The van der Waals surface area contributed by atoms with Crippen LogP contribution in [0.5, 0.6) is 0 Å². The van der Waals surface area contributed by atoms with E-state index in [1.54, 1.807) is 25.6 Å². The predicted octanol–water partition coefficient (Wildman–Crippen LogP) is 6.05. The lowest BCUT2D eigenvalue weighted by Gasteiger charge is -2.14. The van der Waals surface area contributed by atoms with Gasteiger partial charge in [-0.25, -0.2) is 0 Å². The molecule has 0 atom stereocenters. The average molecular weight is 401 g/mol. The van der Waals surface area contributed by atoms with Gasteiger partial charge in [0.15, 0.2) is 0 Å². The summed E-state index contributed by atoms with van der Waals surface area (Å²) in [7, 11) is 1.51. The zero-order chi connectivity index (χ0) is 19.8. The number of ether oxygens (including phenoxy) is 1. The zero-order valence-electron chi connectivity index (χ0n) is 16.1. The molecule has 0 aliphatic heterocycles. The van der Waals surface area contributed by atoms with Crippen molar-refractivity contribution in [2.24, 2.45) is 5.41 Å². The Hall–Kier alpha value is -0.720. The van der Waals surface area contributed by atoms with Gasteiger partial charge in [0.1, 0.15) is 0 Å². The van der Waals surface area contributed by atoms with Crippen LogP contribution in [0.15, 0.2) is 11.6 Å². The SMILES string of the molecule is CC#CC(=S)C(C)(C)C.CC#CC(=S)OC.CSC(=S)C=C(C)C. The van der Waals surface area contributed by atoms with E-state index >= 15 is 0 Å². The molecule has 0 saturated heterocycles. The second-order valence-electron chi connectivity index (χ2n) is 5.57. The van der Waals surface area contributed by atoms with Gasteiger partial charge in [0.2, 0.25) is 5.05 Å². The molecule has 0 aliphatic carbocycles. The summed E-state index contributed by atoms with van der Waals surface area (Å²) in [6.45, 7) is 13.8. The molecule has 24 heavy (non-hydrogen) atoms. The largest absolute Gasteiger partial charge is 0.480 e. The molecule has 0 rings (SSSR count). The summed E-state index contributed by atoms with van der Waals surface area (Å²) >= 11 is 16.1. The third-order valence-corrected chi connectivity index (χ3v) is 4.06. The summed E-state index contributed by atoms with van der Waals surface area (Å²) < 4.78 is 5.51. The highest BCUT2D eigenvalue weighted by Crippen LogP contribution is 2.14. The molecule has 0 saturated carbocycles. The molecule has 1 nitrogen and oxygen atoms in total. The fourth-order valence-corrected chi connectivity index (χ4v) is 1.54. The van der Waals surface area contributed by atoms with Crippen LogP contribution in [0.4, 0.5) is 0 Å². The quantitative estimate of drug-likeness (QED) is 0.300. The maximum Gasteiger partial charge on any atom is 0.237 e. The molecule has 0 amide bonds. The van der Waals surface area contributed by atoms with Gasteiger partial charge in [0, 0.05) is 5.41 Å². The molecule has 134 valence electrons. The third-order valence-electron chi connectivity index (χ3n) is 1.94. The number of thioether (sulfide) groups is 1. The first-order valence-corrected chi connectivity index (χ1v) is 9.61. The average Bonchev–Trinajstić information content (AvgIpc) is 2.47. The van der Waals surface area contributed by atoms with E-state index in [2.05, 4.69) is 61.4 Å². The fourth-order valence-electron chi connectivity index (χ4n) is 0.749. The van der Waals surface area contributed by atoms with Crippen molar-refractivity contribution < 1.29 is 4.74 Å². The number of thiocarbonyl (C=S) groups is 3. The number of rotatable bonds is 1. The summed E-state index contributed by atoms with van der Waals surface area (Å²) in [4.78, 5) is 0.838. The summed E-state index contributed by atoms with van der Waals surface area (Å²) in [5.41, 5.74) is 1.34. The molecule has 0 heterocycles. The summed E-state index contributed by atoms with van der Waals surface area (Å²) in [5, 5.41) is 0.350. The van der Waals surface area contributed by atoms with Crippen LogP contribution in [0.3, 0.4) is 0 Å². The molecule has 0 aromatic carbocycles. The van der Waals surface area contributed by atoms with E-state index in [0.717, 1.165) is 9.06 Å². The first kappa shape index (κ1) is 28.1. The number of allylic oxidation sites excluding steroid dienone is 1. The molecular weight excluding hydrogens is 372 g/mol. The molecule has 0 aromatic heterocycles. The Labute approximate surface area is 169 Å². The van der Waals surface area contributed by atoms with Gasteiger partial charge in [-0.3, -0.25) is 0 Å².